The lowest BCUT2D eigenvalue weighted by molar-refractivity contribution is -0.160. The molecule has 3 aromatic rings. The van der Waals surface area contributed by atoms with Gasteiger partial charge in [0.05, 0.1) is 16.2 Å². The fourth-order valence-corrected chi connectivity index (χ4v) is 6.84. The van der Waals surface area contributed by atoms with Crippen LogP contribution in [0.1, 0.15) is 54.7 Å². The third kappa shape index (κ3) is 4.17. The smallest absolute Gasteiger partial charge is 0.337 e. The van der Waals surface area contributed by atoms with Crippen molar-refractivity contribution in [2.75, 3.05) is 0 Å². The highest BCUT2D eigenvalue weighted by molar-refractivity contribution is 7.91. The maximum atomic E-state index is 13.5. The molecule has 0 saturated carbocycles. The van der Waals surface area contributed by atoms with Crippen molar-refractivity contribution in [3.8, 4) is 22.3 Å². The summed E-state index contributed by atoms with van der Waals surface area (Å²) in [7, 11) is -3.69. The second-order valence-corrected chi connectivity index (χ2v) is 11.9. The van der Waals surface area contributed by atoms with Gasteiger partial charge in [-0.2, -0.15) is 0 Å². The molecule has 0 radical (unpaired) electrons. The first-order valence-corrected chi connectivity index (χ1v) is 12.9. The Balaban J connectivity index is 2.19. The maximum absolute atomic E-state index is 13.5. The van der Waals surface area contributed by atoms with Crippen LogP contribution in [0.4, 0.5) is 0 Å². The molecule has 3 aromatic carbocycles. The Morgan fingerprint density at radius 1 is 0.941 bits per heavy atom. The Hall–Kier alpha value is -2.96. The molecular weight excluding hydrogens is 448 g/mol. The number of benzene rings is 3. The summed E-state index contributed by atoms with van der Waals surface area (Å²) < 4.78 is 33.1. The van der Waals surface area contributed by atoms with Gasteiger partial charge in [-0.1, -0.05) is 54.1 Å². The minimum absolute atomic E-state index is 0.113. The number of hydrogen-bond donors (Lipinski definition) is 1. The third-order valence-corrected chi connectivity index (χ3v) is 8.06. The van der Waals surface area contributed by atoms with Gasteiger partial charge in [-0.15, -0.1) is 0 Å². The van der Waals surface area contributed by atoms with Crippen LogP contribution in [-0.2, 0) is 25.1 Å². The number of carbonyl (C=O) groups is 1. The zero-order valence-electron chi connectivity index (χ0n) is 20.4. The number of carboxylic acid groups (broad SMARTS) is 1. The lowest BCUT2D eigenvalue weighted by Crippen LogP contribution is -2.29. The van der Waals surface area contributed by atoms with Gasteiger partial charge in [0, 0.05) is 11.1 Å². The van der Waals surface area contributed by atoms with Crippen LogP contribution in [0.2, 0.25) is 0 Å². The number of rotatable bonds is 4. The van der Waals surface area contributed by atoms with Crippen LogP contribution in [0.3, 0.4) is 0 Å². The van der Waals surface area contributed by atoms with Crippen molar-refractivity contribution < 1.29 is 23.1 Å². The van der Waals surface area contributed by atoms with Crippen LogP contribution in [-0.4, -0.2) is 25.1 Å². The van der Waals surface area contributed by atoms with Gasteiger partial charge >= 0.3 is 5.97 Å². The number of hydrogen-bond acceptors (Lipinski definition) is 4. The topological polar surface area (TPSA) is 80.7 Å². The third-order valence-electron chi connectivity index (χ3n) is 6.23. The Bertz CT molecular complexity index is 1390. The normalized spacial score (nSPS) is 15.4. The molecule has 1 heterocycles. The molecule has 1 N–H and O–H groups in total. The van der Waals surface area contributed by atoms with Crippen LogP contribution >= 0.6 is 0 Å². The second kappa shape index (κ2) is 8.36. The summed E-state index contributed by atoms with van der Waals surface area (Å²) in [5, 5.41) is 10.2. The SMILES string of the molecule is Cc1ccc(-c2c(C)c3c(c(C)c2[C@H](OC(C)(C)C)C(=O)O)S(=O)(=O)Cc2ccccc2-3)cc1. The number of aryl methyl sites for hydroxylation is 1. The van der Waals surface area contributed by atoms with E-state index >= 15 is 0 Å². The minimum Gasteiger partial charge on any atom is -0.479 e. The summed E-state index contributed by atoms with van der Waals surface area (Å²) in [6.45, 7) is 11.0. The Morgan fingerprint density at radius 3 is 2.15 bits per heavy atom. The van der Waals surface area contributed by atoms with E-state index in [4.69, 9.17) is 4.74 Å². The number of sulfone groups is 1. The predicted molar refractivity (Wildman–Crippen MR) is 134 cm³/mol. The van der Waals surface area contributed by atoms with Gasteiger partial charge in [-0.25, -0.2) is 13.2 Å². The first kappa shape index (κ1) is 24.2. The molecular formula is C28H30O5S. The number of ether oxygens (including phenoxy) is 1. The van der Waals surface area contributed by atoms with Crippen LogP contribution in [0.15, 0.2) is 53.4 Å². The molecule has 4 rings (SSSR count). The fourth-order valence-electron chi connectivity index (χ4n) is 4.88. The average molecular weight is 479 g/mol. The highest BCUT2D eigenvalue weighted by atomic mass is 32.2. The molecule has 0 spiro atoms. The summed E-state index contributed by atoms with van der Waals surface area (Å²) in [6.07, 6.45) is -1.33. The lowest BCUT2D eigenvalue weighted by atomic mass is 9.82. The molecule has 1 atom stereocenters. The van der Waals surface area contributed by atoms with E-state index in [2.05, 4.69) is 0 Å². The molecule has 34 heavy (non-hydrogen) atoms. The first-order valence-electron chi connectivity index (χ1n) is 11.3. The molecule has 0 unspecified atom stereocenters. The number of carboxylic acids is 1. The number of fused-ring (bicyclic) bond motifs is 3. The van der Waals surface area contributed by atoms with E-state index in [1.807, 2.05) is 62.4 Å². The highest BCUT2D eigenvalue weighted by Gasteiger charge is 2.38. The van der Waals surface area contributed by atoms with Crippen molar-refractivity contribution in [2.45, 2.75) is 63.9 Å². The van der Waals surface area contributed by atoms with Crippen molar-refractivity contribution in [2.24, 2.45) is 0 Å². The summed E-state index contributed by atoms with van der Waals surface area (Å²) in [5.74, 6) is -1.27. The van der Waals surface area contributed by atoms with Gasteiger partial charge in [0.2, 0.25) is 0 Å². The average Bonchev–Trinajstić information content (AvgIpc) is 2.73. The van der Waals surface area contributed by atoms with Gasteiger partial charge in [-0.3, -0.25) is 0 Å². The standard InChI is InChI=1S/C28H30O5S/c1-16-11-13-19(14-12-16)22-17(2)23-21-10-8-7-9-20(21)15-34(31,32)26(23)18(3)24(22)25(27(29)30)33-28(4,5)6/h7-14,25H,15H2,1-6H3,(H,29,30)/t25-/m0/s1. The van der Waals surface area contributed by atoms with E-state index in [9.17, 15) is 18.3 Å². The molecule has 0 fully saturated rings. The van der Waals surface area contributed by atoms with Crippen molar-refractivity contribution >= 4 is 15.8 Å². The Morgan fingerprint density at radius 2 is 1.56 bits per heavy atom. The van der Waals surface area contributed by atoms with Crippen LogP contribution in [0, 0.1) is 20.8 Å². The quantitative estimate of drug-likeness (QED) is 0.485. The number of aliphatic carboxylic acids is 1. The Kier molecular flexibility index (Phi) is 5.95. The van der Waals surface area contributed by atoms with E-state index in [0.29, 0.717) is 22.3 Å². The van der Waals surface area contributed by atoms with Gasteiger partial charge < -0.3 is 9.84 Å². The summed E-state index contributed by atoms with van der Waals surface area (Å²) in [5.41, 5.74) is 5.69. The van der Waals surface area contributed by atoms with E-state index in [-0.39, 0.29) is 10.6 Å². The fraction of sp³-hybridized carbons (Fsp3) is 0.321. The van der Waals surface area contributed by atoms with Crippen molar-refractivity contribution in [3.05, 3.63) is 76.3 Å². The molecule has 6 heteroatoms. The zero-order valence-corrected chi connectivity index (χ0v) is 21.2. The van der Waals surface area contributed by atoms with E-state index < -0.39 is 27.5 Å². The lowest BCUT2D eigenvalue weighted by Gasteiger charge is -2.32. The van der Waals surface area contributed by atoms with Gasteiger partial charge in [-0.05, 0) is 74.9 Å². The highest BCUT2D eigenvalue weighted by Crippen LogP contribution is 2.49. The summed E-state index contributed by atoms with van der Waals surface area (Å²) >= 11 is 0. The van der Waals surface area contributed by atoms with Crippen LogP contribution in [0.25, 0.3) is 22.3 Å². The predicted octanol–water partition coefficient (Wildman–Crippen LogP) is 6.17. The Labute approximate surface area is 201 Å². The molecule has 0 aliphatic carbocycles. The van der Waals surface area contributed by atoms with E-state index in [0.717, 1.165) is 27.8 Å². The largest absolute Gasteiger partial charge is 0.479 e. The van der Waals surface area contributed by atoms with E-state index in [1.165, 1.54) is 0 Å². The zero-order chi connectivity index (χ0) is 25.0. The van der Waals surface area contributed by atoms with Gasteiger partial charge in [0.25, 0.3) is 0 Å². The molecule has 0 aromatic heterocycles. The second-order valence-electron chi connectivity index (χ2n) is 9.97. The van der Waals surface area contributed by atoms with Crippen LogP contribution < -0.4 is 0 Å². The van der Waals surface area contributed by atoms with Crippen molar-refractivity contribution in [1.82, 2.24) is 0 Å². The molecule has 0 amide bonds. The first-order chi connectivity index (χ1) is 15.8. The molecule has 178 valence electrons. The molecule has 1 aliphatic rings. The molecule has 0 saturated heterocycles. The van der Waals surface area contributed by atoms with Gasteiger partial charge in [0.1, 0.15) is 0 Å². The van der Waals surface area contributed by atoms with E-state index in [1.54, 1.807) is 27.7 Å². The molecule has 5 nitrogen and oxygen atoms in total. The molecule has 1 aliphatic heterocycles. The summed E-state index contributed by atoms with van der Waals surface area (Å²) in [6, 6.07) is 15.4. The molecule has 0 bridgehead atoms. The maximum Gasteiger partial charge on any atom is 0.337 e. The minimum atomic E-state index is -3.69. The van der Waals surface area contributed by atoms with Crippen LogP contribution in [0.5, 0.6) is 0 Å². The van der Waals surface area contributed by atoms with Gasteiger partial charge in [0.15, 0.2) is 15.9 Å². The van der Waals surface area contributed by atoms with Crippen molar-refractivity contribution in [3.63, 3.8) is 0 Å². The monoisotopic (exact) mass is 478 g/mol. The van der Waals surface area contributed by atoms with Crippen molar-refractivity contribution in [1.29, 1.82) is 0 Å². The summed E-state index contributed by atoms with van der Waals surface area (Å²) in [4.78, 5) is 12.7.